The van der Waals surface area contributed by atoms with E-state index in [0.717, 1.165) is 29.7 Å². The number of anilines is 2. The van der Waals surface area contributed by atoms with Gasteiger partial charge in [0, 0.05) is 16.6 Å². The van der Waals surface area contributed by atoms with Gasteiger partial charge in [-0.2, -0.15) is 0 Å². The van der Waals surface area contributed by atoms with Crippen molar-refractivity contribution in [2.24, 2.45) is 17.8 Å². The average Bonchev–Trinajstić information content (AvgIpc) is 3.55. The molecule has 2 aromatic carbocycles. The van der Waals surface area contributed by atoms with E-state index in [9.17, 15) is 19.5 Å². The van der Waals surface area contributed by atoms with E-state index in [2.05, 4.69) is 10.6 Å². The summed E-state index contributed by atoms with van der Waals surface area (Å²) >= 11 is 1.64. The number of aliphatic hydroxyl groups is 1. The van der Waals surface area contributed by atoms with Gasteiger partial charge >= 0.3 is 0 Å². The van der Waals surface area contributed by atoms with Crippen LogP contribution in [-0.2, 0) is 14.4 Å². The summed E-state index contributed by atoms with van der Waals surface area (Å²) in [7, 11) is 0. The van der Waals surface area contributed by atoms with Gasteiger partial charge in [-0.1, -0.05) is 56.7 Å². The maximum atomic E-state index is 14.3. The van der Waals surface area contributed by atoms with Crippen molar-refractivity contribution in [2.75, 3.05) is 17.2 Å². The Bertz CT molecular complexity index is 1220. The van der Waals surface area contributed by atoms with Crippen molar-refractivity contribution in [3.05, 3.63) is 59.7 Å². The Hall–Kier alpha value is -2.84. The highest BCUT2D eigenvalue weighted by molar-refractivity contribution is 8.02. The van der Waals surface area contributed by atoms with Crippen LogP contribution in [0.5, 0.6) is 0 Å². The fraction of sp³-hybridized carbons (Fsp3) is 0.500. The number of benzene rings is 2. The van der Waals surface area contributed by atoms with Crippen molar-refractivity contribution in [1.29, 1.82) is 0 Å². The summed E-state index contributed by atoms with van der Waals surface area (Å²) in [6.45, 7) is 7.71. The fourth-order valence-electron chi connectivity index (χ4n) is 6.81. The van der Waals surface area contributed by atoms with Crippen molar-refractivity contribution in [1.82, 2.24) is 4.90 Å². The minimum atomic E-state index is -0.769. The van der Waals surface area contributed by atoms with E-state index in [1.54, 1.807) is 16.7 Å². The van der Waals surface area contributed by atoms with Crippen molar-refractivity contribution in [2.45, 2.75) is 69.0 Å². The topological polar surface area (TPSA) is 98.7 Å². The van der Waals surface area contributed by atoms with Crippen LogP contribution in [0.1, 0.15) is 44.2 Å². The number of rotatable bonds is 8. The van der Waals surface area contributed by atoms with Gasteiger partial charge in [-0.25, -0.2) is 0 Å². The van der Waals surface area contributed by atoms with Crippen molar-refractivity contribution < 1.29 is 19.5 Å². The summed E-state index contributed by atoms with van der Waals surface area (Å²) in [6.07, 6.45) is 2.22. The average molecular weight is 536 g/mol. The smallest absolute Gasteiger partial charge is 0.248 e. The van der Waals surface area contributed by atoms with Gasteiger partial charge in [0.2, 0.25) is 17.7 Å². The van der Waals surface area contributed by atoms with Crippen molar-refractivity contribution >= 4 is 40.9 Å². The molecule has 3 heterocycles. The summed E-state index contributed by atoms with van der Waals surface area (Å²) in [4.78, 5) is 43.8. The largest absolute Gasteiger partial charge is 0.394 e. The Morgan fingerprint density at radius 1 is 1.08 bits per heavy atom. The van der Waals surface area contributed by atoms with E-state index in [1.165, 1.54) is 0 Å². The predicted molar refractivity (Wildman–Crippen MR) is 151 cm³/mol. The molecule has 2 bridgehead atoms. The second-order valence-corrected chi connectivity index (χ2v) is 12.6. The van der Waals surface area contributed by atoms with Gasteiger partial charge in [0.25, 0.3) is 0 Å². The Balaban J connectivity index is 1.54. The minimum absolute atomic E-state index is 0.00605. The normalized spacial score (nSPS) is 29.2. The molecular weight excluding hydrogens is 498 g/mol. The maximum absolute atomic E-state index is 14.3. The number of aliphatic hydroxyl groups excluding tert-OH is 1. The molecule has 202 valence electrons. The van der Waals surface area contributed by atoms with E-state index in [1.807, 2.05) is 76.2 Å². The summed E-state index contributed by atoms with van der Waals surface area (Å²) in [5.41, 5.74) is 3.35. The molecule has 5 rings (SSSR count). The van der Waals surface area contributed by atoms with Gasteiger partial charge in [-0.05, 0) is 55.9 Å². The predicted octanol–water partition coefficient (Wildman–Crippen LogP) is 4.38. The molecule has 2 aromatic rings. The van der Waals surface area contributed by atoms with Crippen LogP contribution >= 0.6 is 11.8 Å². The zero-order valence-corrected chi connectivity index (χ0v) is 23.3. The third-order valence-electron chi connectivity index (χ3n) is 8.90. The molecule has 8 heteroatoms. The number of aryl methyl sites for hydroxylation is 2. The number of thioether (sulfide) groups is 1. The lowest BCUT2D eigenvalue weighted by Crippen LogP contribution is -2.56. The van der Waals surface area contributed by atoms with Gasteiger partial charge in [0.1, 0.15) is 6.04 Å². The van der Waals surface area contributed by atoms with E-state index in [0.29, 0.717) is 12.1 Å². The fourth-order valence-corrected chi connectivity index (χ4v) is 9.02. The lowest BCUT2D eigenvalue weighted by molar-refractivity contribution is -0.142. The number of nitrogens with zero attached hydrogens (tertiary/aromatic N) is 1. The third kappa shape index (κ3) is 4.22. The maximum Gasteiger partial charge on any atom is 0.248 e. The standard InChI is InChI=1S/C30H37N3O4S/c1-5-17(2)21(16-34)33-26(28(36)32-25-18(3)10-9-11-19(25)4)30-15-14-22(38-30)23(24(30)29(33)37)27(35)31-20-12-7-6-8-13-20/h6-13,17,21-24,26,34H,5,14-16H2,1-4H3,(H,31,35)(H,32,36)/t17-,21-,22-,23+,24-,26?,30?/m0/s1. The monoisotopic (exact) mass is 535 g/mol. The molecule has 0 aliphatic carbocycles. The SMILES string of the molecule is CC[C@H](C)[C@H](CO)N1C(=O)[C@@H]2[C@H](C(=O)Nc3ccccc3)[C@@H]3CCC2(S3)C1C(=O)Nc1c(C)cccc1C. The number of fused-ring (bicyclic) bond motifs is 1. The van der Waals surface area contributed by atoms with Crippen LogP contribution in [0.4, 0.5) is 11.4 Å². The lowest BCUT2D eigenvalue weighted by Gasteiger charge is -2.39. The van der Waals surface area contributed by atoms with E-state index >= 15 is 0 Å². The van der Waals surface area contributed by atoms with Gasteiger partial charge in [0.15, 0.2) is 0 Å². The Kier molecular flexibility index (Phi) is 7.31. The Morgan fingerprint density at radius 3 is 2.39 bits per heavy atom. The van der Waals surface area contributed by atoms with E-state index in [-0.39, 0.29) is 35.5 Å². The van der Waals surface area contributed by atoms with E-state index < -0.39 is 28.7 Å². The third-order valence-corrected chi connectivity index (χ3v) is 10.9. The van der Waals surface area contributed by atoms with Crippen LogP contribution in [-0.4, -0.2) is 56.4 Å². The van der Waals surface area contributed by atoms with Crippen LogP contribution in [0.15, 0.2) is 48.5 Å². The van der Waals surface area contributed by atoms with Gasteiger partial charge in [-0.3, -0.25) is 14.4 Å². The van der Waals surface area contributed by atoms with Crippen molar-refractivity contribution in [3.63, 3.8) is 0 Å². The molecule has 1 spiro atoms. The first-order valence-electron chi connectivity index (χ1n) is 13.6. The molecule has 38 heavy (non-hydrogen) atoms. The summed E-state index contributed by atoms with van der Waals surface area (Å²) in [6, 6.07) is 13.9. The highest BCUT2D eigenvalue weighted by Gasteiger charge is 2.74. The zero-order chi connectivity index (χ0) is 27.2. The minimum Gasteiger partial charge on any atom is -0.394 e. The summed E-state index contributed by atoms with van der Waals surface area (Å²) in [5.74, 6) is -1.74. The molecule has 3 saturated heterocycles. The molecule has 7 nitrogen and oxygen atoms in total. The number of hydrogen-bond donors (Lipinski definition) is 3. The van der Waals surface area contributed by atoms with Crippen LogP contribution in [0, 0.1) is 31.6 Å². The number of para-hydroxylation sites is 2. The first-order valence-corrected chi connectivity index (χ1v) is 14.4. The second-order valence-electron chi connectivity index (χ2n) is 11.0. The van der Waals surface area contributed by atoms with Crippen molar-refractivity contribution in [3.8, 4) is 0 Å². The number of likely N-dealkylation sites (tertiary alicyclic amines) is 1. The first-order chi connectivity index (χ1) is 18.2. The van der Waals surface area contributed by atoms with Gasteiger partial charge in [0.05, 0.1) is 29.2 Å². The number of carbonyl (C=O) groups excluding carboxylic acids is 3. The molecule has 0 aromatic heterocycles. The molecule has 0 saturated carbocycles. The first kappa shape index (κ1) is 26.8. The molecule has 3 fully saturated rings. The molecule has 2 unspecified atom stereocenters. The van der Waals surface area contributed by atoms with Crippen LogP contribution < -0.4 is 10.6 Å². The highest BCUT2D eigenvalue weighted by atomic mass is 32.2. The number of nitrogens with one attached hydrogen (secondary N) is 2. The lowest BCUT2D eigenvalue weighted by atomic mass is 9.70. The van der Waals surface area contributed by atoms with Crippen LogP contribution in [0.2, 0.25) is 0 Å². The quantitative estimate of drug-likeness (QED) is 0.466. The van der Waals surface area contributed by atoms with Crippen LogP contribution in [0.3, 0.4) is 0 Å². The molecule has 3 N–H and O–H groups in total. The second kappa shape index (κ2) is 10.4. The van der Waals surface area contributed by atoms with Gasteiger partial charge in [-0.15, -0.1) is 11.8 Å². The Morgan fingerprint density at radius 2 is 1.76 bits per heavy atom. The molecule has 0 radical (unpaired) electrons. The number of carbonyl (C=O) groups is 3. The highest BCUT2D eigenvalue weighted by Crippen LogP contribution is 2.67. The molecule has 3 aliphatic rings. The van der Waals surface area contributed by atoms with E-state index in [4.69, 9.17) is 0 Å². The summed E-state index contributed by atoms with van der Waals surface area (Å²) in [5, 5.41) is 16.6. The summed E-state index contributed by atoms with van der Waals surface area (Å²) < 4.78 is -0.706. The zero-order valence-electron chi connectivity index (χ0n) is 22.4. The Labute approximate surface area is 228 Å². The molecule has 3 aliphatic heterocycles. The molecular formula is C30H37N3O4S. The molecule has 3 amide bonds. The van der Waals surface area contributed by atoms with Gasteiger partial charge < -0.3 is 20.6 Å². The molecule has 7 atom stereocenters. The number of amides is 3. The number of hydrogen-bond acceptors (Lipinski definition) is 5. The van der Waals surface area contributed by atoms with Crippen LogP contribution in [0.25, 0.3) is 0 Å².